The van der Waals surface area contributed by atoms with Crippen molar-refractivity contribution in [1.29, 1.82) is 0 Å². The van der Waals surface area contributed by atoms with Gasteiger partial charge < -0.3 is 4.74 Å². The van der Waals surface area contributed by atoms with E-state index in [1.165, 1.54) is 6.42 Å². The molecule has 1 atom stereocenters. The molecule has 16 heavy (non-hydrogen) atoms. The molecule has 0 aliphatic carbocycles. The Hall–Kier alpha value is -1.13. The molecule has 0 bridgehead atoms. The Morgan fingerprint density at radius 2 is 2.38 bits per heavy atom. The van der Waals surface area contributed by atoms with Gasteiger partial charge in [-0.3, -0.25) is 4.98 Å². The number of nitrogens with zero attached hydrogens (tertiary/aromatic N) is 3. The minimum Gasteiger partial charge on any atom is -0.356 e. The van der Waals surface area contributed by atoms with Crippen molar-refractivity contribution in [3.05, 3.63) is 23.6 Å². The van der Waals surface area contributed by atoms with Gasteiger partial charge in [-0.2, -0.15) is 5.10 Å². The fourth-order valence-corrected chi connectivity index (χ4v) is 2.32. The highest BCUT2D eigenvalue weighted by Gasteiger charge is 2.20. The molecular formula is C11H12ClN3O. The van der Waals surface area contributed by atoms with Crippen LogP contribution in [-0.4, -0.2) is 21.4 Å². The van der Waals surface area contributed by atoms with Crippen molar-refractivity contribution in [2.75, 3.05) is 6.61 Å². The second-order valence-corrected chi connectivity index (χ2v) is 4.31. The van der Waals surface area contributed by atoms with Gasteiger partial charge in [0.25, 0.3) is 0 Å². The predicted molar refractivity (Wildman–Crippen MR) is 61.4 cm³/mol. The normalized spacial score (nSPS) is 21.4. The molecule has 5 heteroatoms. The Labute approximate surface area is 98.2 Å². The Bertz CT molecular complexity index is 505. The van der Waals surface area contributed by atoms with Crippen molar-refractivity contribution >= 4 is 22.5 Å². The second kappa shape index (κ2) is 4.03. The molecular weight excluding hydrogens is 226 g/mol. The van der Waals surface area contributed by atoms with Gasteiger partial charge >= 0.3 is 0 Å². The van der Waals surface area contributed by atoms with Crippen LogP contribution in [0.25, 0.3) is 10.9 Å². The van der Waals surface area contributed by atoms with Gasteiger partial charge in [-0.15, -0.1) is 0 Å². The summed E-state index contributed by atoms with van der Waals surface area (Å²) in [6.07, 6.45) is 6.80. The number of rotatable bonds is 1. The number of aromatic nitrogens is 3. The van der Waals surface area contributed by atoms with Crippen LogP contribution in [0.4, 0.5) is 0 Å². The third-order valence-electron chi connectivity index (χ3n) is 2.89. The fourth-order valence-electron chi connectivity index (χ4n) is 2.08. The lowest BCUT2D eigenvalue weighted by Crippen LogP contribution is -2.19. The van der Waals surface area contributed by atoms with E-state index in [1.54, 1.807) is 12.4 Å². The van der Waals surface area contributed by atoms with Gasteiger partial charge in [0.2, 0.25) is 0 Å². The van der Waals surface area contributed by atoms with E-state index in [-0.39, 0.29) is 6.23 Å². The molecule has 1 aliphatic rings. The van der Waals surface area contributed by atoms with Crippen LogP contribution in [0.1, 0.15) is 25.5 Å². The summed E-state index contributed by atoms with van der Waals surface area (Å²) < 4.78 is 7.55. The molecule has 0 radical (unpaired) electrons. The maximum absolute atomic E-state index is 6.08. The molecule has 4 nitrogen and oxygen atoms in total. The molecule has 0 N–H and O–H groups in total. The van der Waals surface area contributed by atoms with Gasteiger partial charge in [0, 0.05) is 18.2 Å². The summed E-state index contributed by atoms with van der Waals surface area (Å²) in [5.74, 6) is 0. The third-order valence-corrected chi connectivity index (χ3v) is 3.17. The molecule has 3 heterocycles. The van der Waals surface area contributed by atoms with Crippen LogP contribution in [0.5, 0.6) is 0 Å². The van der Waals surface area contributed by atoms with Crippen molar-refractivity contribution in [3.63, 3.8) is 0 Å². The van der Waals surface area contributed by atoms with E-state index in [2.05, 4.69) is 10.1 Å². The van der Waals surface area contributed by atoms with Gasteiger partial charge in [-0.1, -0.05) is 11.6 Å². The van der Waals surface area contributed by atoms with E-state index in [0.29, 0.717) is 5.15 Å². The Morgan fingerprint density at radius 3 is 3.19 bits per heavy atom. The van der Waals surface area contributed by atoms with E-state index >= 15 is 0 Å². The lowest BCUT2D eigenvalue weighted by atomic mass is 10.2. The average Bonchev–Trinajstić information content (AvgIpc) is 2.69. The minimum atomic E-state index is 0.00736. The lowest BCUT2D eigenvalue weighted by Gasteiger charge is -2.23. The van der Waals surface area contributed by atoms with Crippen LogP contribution in [0.2, 0.25) is 5.15 Å². The van der Waals surface area contributed by atoms with Gasteiger partial charge in [0.15, 0.2) is 11.4 Å². The molecule has 1 aliphatic heterocycles. The Kier molecular flexibility index (Phi) is 2.53. The summed E-state index contributed by atoms with van der Waals surface area (Å²) in [5.41, 5.74) is 0.944. The quantitative estimate of drug-likeness (QED) is 0.766. The van der Waals surface area contributed by atoms with Crippen LogP contribution in [0.3, 0.4) is 0 Å². The first kappa shape index (κ1) is 10.1. The van der Waals surface area contributed by atoms with Crippen LogP contribution < -0.4 is 0 Å². The fraction of sp³-hybridized carbons (Fsp3) is 0.455. The van der Waals surface area contributed by atoms with Gasteiger partial charge in [-0.05, 0) is 25.3 Å². The zero-order chi connectivity index (χ0) is 11.0. The molecule has 2 aromatic heterocycles. The molecule has 1 fully saturated rings. The van der Waals surface area contributed by atoms with Crippen LogP contribution in [-0.2, 0) is 4.74 Å². The number of fused-ring (bicyclic) bond motifs is 1. The van der Waals surface area contributed by atoms with Gasteiger partial charge in [0.1, 0.15) is 0 Å². The molecule has 1 saturated heterocycles. The summed E-state index contributed by atoms with van der Waals surface area (Å²) in [6, 6.07) is 1.88. The average molecular weight is 238 g/mol. The maximum Gasteiger partial charge on any atom is 0.159 e. The summed E-state index contributed by atoms with van der Waals surface area (Å²) >= 11 is 6.08. The molecule has 0 aromatic carbocycles. The third kappa shape index (κ3) is 1.58. The predicted octanol–water partition coefficient (Wildman–Crippen LogP) is 2.78. The van der Waals surface area contributed by atoms with Crippen LogP contribution in [0, 0.1) is 0 Å². The highest BCUT2D eigenvalue weighted by Crippen LogP contribution is 2.29. The highest BCUT2D eigenvalue weighted by atomic mass is 35.5. The number of hydrogen-bond acceptors (Lipinski definition) is 3. The standard InChI is InChI=1S/C11H12ClN3O/c12-11-8-4-5-13-7-9(8)15(14-11)10-3-1-2-6-16-10/h4-5,7,10H,1-3,6H2. The van der Waals surface area contributed by atoms with Crippen LogP contribution >= 0.6 is 11.6 Å². The molecule has 2 aromatic rings. The van der Waals surface area contributed by atoms with E-state index < -0.39 is 0 Å². The summed E-state index contributed by atoms with van der Waals surface area (Å²) in [5, 5.41) is 5.79. The zero-order valence-electron chi connectivity index (χ0n) is 8.77. The smallest absolute Gasteiger partial charge is 0.159 e. The monoisotopic (exact) mass is 237 g/mol. The number of halogens is 1. The van der Waals surface area contributed by atoms with Crippen molar-refractivity contribution in [2.24, 2.45) is 0 Å². The Balaban J connectivity index is 2.08. The molecule has 1 unspecified atom stereocenters. The maximum atomic E-state index is 6.08. The van der Waals surface area contributed by atoms with Gasteiger partial charge in [0.05, 0.1) is 11.7 Å². The van der Waals surface area contributed by atoms with Crippen molar-refractivity contribution in [3.8, 4) is 0 Å². The molecule has 3 rings (SSSR count). The molecule has 84 valence electrons. The first-order valence-electron chi connectivity index (χ1n) is 5.45. The van der Waals surface area contributed by atoms with Crippen molar-refractivity contribution in [1.82, 2.24) is 14.8 Å². The number of ether oxygens (including phenoxy) is 1. The van der Waals surface area contributed by atoms with E-state index in [0.717, 1.165) is 30.4 Å². The van der Waals surface area contributed by atoms with E-state index in [4.69, 9.17) is 16.3 Å². The van der Waals surface area contributed by atoms with Crippen molar-refractivity contribution < 1.29 is 4.74 Å². The number of pyridine rings is 1. The van der Waals surface area contributed by atoms with Gasteiger partial charge in [-0.25, -0.2) is 4.68 Å². The van der Waals surface area contributed by atoms with Crippen LogP contribution in [0.15, 0.2) is 18.5 Å². The van der Waals surface area contributed by atoms with E-state index in [1.807, 2.05) is 10.7 Å². The first-order valence-corrected chi connectivity index (χ1v) is 5.83. The largest absolute Gasteiger partial charge is 0.356 e. The molecule has 0 amide bonds. The van der Waals surface area contributed by atoms with E-state index in [9.17, 15) is 0 Å². The van der Waals surface area contributed by atoms with Crippen molar-refractivity contribution in [2.45, 2.75) is 25.5 Å². The topological polar surface area (TPSA) is 39.9 Å². The lowest BCUT2D eigenvalue weighted by molar-refractivity contribution is -0.0366. The second-order valence-electron chi connectivity index (χ2n) is 3.95. The highest BCUT2D eigenvalue weighted by molar-refractivity contribution is 6.34. The zero-order valence-corrected chi connectivity index (χ0v) is 9.52. The molecule has 0 saturated carbocycles. The number of hydrogen-bond donors (Lipinski definition) is 0. The SMILES string of the molecule is Clc1nn(C2CCCCO2)c2cnccc12. The summed E-state index contributed by atoms with van der Waals surface area (Å²) in [4.78, 5) is 4.11. The summed E-state index contributed by atoms with van der Waals surface area (Å²) in [6.45, 7) is 0.796. The first-order chi connectivity index (χ1) is 7.86. The minimum absolute atomic E-state index is 0.00736. The molecule has 0 spiro atoms. The Morgan fingerprint density at radius 1 is 1.44 bits per heavy atom. The summed E-state index contributed by atoms with van der Waals surface area (Å²) in [7, 11) is 0.